The lowest BCUT2D eigenvalue weighted by Gasteiger charge is -2.36. The van der Waals surface area contributed by atoms with Crippen LogP contribution in [0.15, 0.2) is 53.4 Å². The van der Waals surface area contributed by atoms with Gasteiger partial charge in [0.05, 0.1) is 31.3 Å². The Morgan fingerprint density at radius 3 is 2.24 bits per heavy atom. The van der Waals surface area contributed by atoms with E-state index >= 15 is 0 Å². The highest BCUT2D eigenvalue weighted by atomic mass is 32.2. The Bertz CT molecular complexity index is 939. The number of nitrogens with one attached hydrogen (secondary N) is 1. The van der Waals surface area contributed by atoms with Crippen molar-refractivity contribution in [1.29, 1.82) is 0 Å². The topological polar surface area (TPSA) is 88.2 Å². The Morgan fingerprint density at radius 2 is 1.62 bits per heavy atom. The molecule has 1 amide bonds. The number of para-hydroxylation sites is 2. The maximum absolute atomic E-state index is 12.5. The number of hydrogen-bond acceptors (Lipinski definition) is 6. The van der Waals surface area contributed by atoms with Gasteiger partial charge in [0.1, 0.15) is 11.5 Å². The van der Waals surface area contributed by atoms with Crippen LogP contribution in [0, 0.1) is 0 Å². The first-order valence-electron chi connectivity index (χ1n) is 9.24. The van der Waals surface area contributed by atoms with Crippen molar-refractivity contribution in [3.05, 3.63) is 48.5 Å². The van der Waals surface area contributed by atoms with E-state index in [0.717, 1.165) is 11.4 Å². The SMILES string of the molecule is COc1ccc(S(=O)(=O)NCC(=O)N2CCN(c3ccccc3OC)CC2)cc1. The third kappa shape index (κ3) is 4.99. The van der Waals surface area contributed by atoms with Crippen LogP contribution in [-0.2, 0) is 14.8 Å². The molecule has 1 aliphatic rings. The van der Waals surface area contributed by atoms with Crippen LogP contribution in [0.4, 0.5) is 5.69 Å². The smallest absolute Gasteiger partial charge is 0.241 e. The number of ether oxygens (including phenoxy) is 2. The molecule has 0 bridgehead atoms. The Kier molecular flexibility index (Phi) is 6.60. The first kappa shape index (κ1) is 20.9. The van der Waals surface area contributed by atoms with Gasteiger partial charge in [0.15, 0.2) is 0 Å². The standard InChI is InChI=1S/C20H25N3O5S/c1-27-16-7-9-17(10-8-16)29(25,26)21-15-20(24)23-13-11-22(12-14-23)18-5-3-4-6-19(18)28-2/h3-10,21H,11-15H2,1-2H3. The van der Waals surface area contributed by atoms with Crippen LogP contribution in [0.5, 0.6) is 11.5 Å². The van der Waals surface area contributed by atoms with Gasteiger partial charge in [0.25, 0.3) is 0 Å². The number of anilines is 1. The maximum atomic E-state index is 12.5. The predicted molar refractivity (Wildman–Crippen MR) is 110 cm³/mol. The summed E-state index contributed by atoms with van der Waals surface area (Å²) in [6, 6.07) is 13.8. The second-order valence-electron chi connectivity index (χ2n) is 6.54. The molecule has 29 heavy (non-hydrogen) atoms. The number of carbonyl (C=O) groups excluding carboxylic acids is 1. The van der Waals surface area contributed by atoms with E-state index in [2.05, 4.69) is 9.62 Å². The minimum absolute atomic E-state index is 0.0899. The van der Waals surface area contributed by atoms with Crippen LogP contribution in [0.1, 0.15) is 0 Å². The van der Waals surface area contributed by atoms with Crippen LogP contribution in [0.3, 0.4) is 0 Å². The van der Waals surface area contributed by atoms with Gasteiger partial charge >= 0.3 is 0 Å². The largest absolute Gasteiger partial charge is 0.497 e. The minimum Gasteiger partial charge on any atom is -0.497 e. The molecule has 1 fully saturated rings. The van der Waals surface area contributed by atoms with E-state index in [1.165, 1.54) is 19.2 Å². The zero-order valence-electron chi connectivity index (χ0n) is 16.5. The van der Waals surface area contributed by atoms with Gasteiger partial charge in [0, 0.05) is 26.2 Å². The number of benzene rings is 2. The van der Waals surface area contributed by atoms with Gasteiger partial charge in [-0.25, -0.2) is 13.1 Å². The van der Waals surface area contributed by atoms with E-state index in [4.69, 9.17) is 9.47 Å². The summed E-state index contributed by atoms with van der Waals surface area (Å²) < 4.78 is 37.6. The molecule has 1 aliphatic heterocycles. The summed E-state index contributed by atoms with van der Waals surface area (Å²) in [5, 5.41) is 0. The number of rotatable bonds is 7. The molecule has 1 saturated heterocycles. The van der Waals surface area contributed by atoms with E-state index < -0.39 is 10.0 Å². The number of carbonyl (C=O) groups is 1. The molecule has 0 atom stereocenters. The van der Waals surface area contributed by atoms with Crippen LogP contribution in [0.2, 0.25) is 0 Å². The van der Waals surface area contributed by atoms with Crippen LogP contribution in [-0.4, -0.2) is 66.2 Å². The molecule has 1 N–H and O–H groups in total. The fraction of sp³-hybridized carbons (Fsp3) is 0.350. The van der Waals surface area contributed by atoms with Crippen LogP contribution in [0.25, 0.3) is 0 Å². The van der Waals surface area contributed by atoms with Gasteiger partial charge in [0.2, 0.25) is 15.9 Å². The molecule has 156 valence electrons. The van der Waals surface area contributed by atoms with Crippen molar-refractivity contribution in [2.45, 2.75) is 4.90 Å². The van der Waals surface area contributed by atoms with Crippen LogP contribution >= 0.6 is 0 Å². The van der Waals surface area contributed by atoms with Gasteiger partial charge in [-0.1, -0.05) is 12.1 Å². The zero-order valence-corrected chi connectivity index (χ0v) is 17.3. The first-order chi connectivity index (χ1) is 13.9. The number of nitrogens with zero attached hydrogens (tertiary/aromatic N) is 2. The van der Waals surface area contributed by atoms with Crippen molar-refractivity contribution in [2.24, 2.45) is 0 Å². The molecule has 2 aromatic carbocycles. The quantitative estimate of drug-likeness (QED) is 0.729. The minimum atomic E-state index is -3.76. The van der Waals surface area contributed by atoms with Crippen LogP contribution < -0.4 is 19.1 Å². The van der Waals surface area contributed by atoms with Crippen molar-refractivity contribution < 1.29 is 22.7 Å². The molecule has 0 saturated carbocycles. The Hall–Kier alpha value is -2.78. The van der Waals surface area contributed by atoms with Crippen molar-refractivity contribution in [1.82, 2.24) is 9.62 Å². The van der Waals surface area contributed by atoms with Gasteiger partial charge in [-0.2, -0.15) is 0 Å². The van der Waals surface area contributed by atoms with Crippen molar-refractivity contribution >= 4 is 21.6 Å². The molecular formula is C20H25N3O5S. The molecule has 0 spiro atoms. The van der Waals surface area contributed by atoms with Crippen molar-refractivity contribution in [3.8, 4) is 11.5 Å². The normalized spacial score (nSPS) is 14.6. The van der Waals surface area contributed by atoms with E-state index in [-0.39, 0.29) is 17.3 Å². The molecule has 0 unspecified atom stereocenters. The van der Waals surface area contributed by atoms with E-state index in [1.54, 1.807) is 24.1 Å². The summed E-state index contributed by atoms with van der Waals surface area (Å²) in [6.07, 6.45) is 0. The Balaban J connectivity index is 1.54. The van der Waals surface area contributed by atoms with E-state index in [1.807, 2.05) is 24.3 Å². The summed E-state index contributed by atoms with van der Waals surface area (Å²) >= 11 is 0. The van der Waals surface area contributed by atoms with Gasteiger partial charge in [-0.05, 0) is 36.4 Å². The van der Waals surface area contributed by atoms with Crippen molar-refractivity contribution in [2.75, 3.05) is 51.8 Å². The lowest BCUT2D eigenvalue weighted by atomic mass is 10.2. The molecule has 2 aromatic rings. The second kappa shape index (κ2) is 9.15. The highest BCUT2D eigenvalue weighted by Gasteiger charge is 2.24. The molecule has 8 nitrogen and oxygen atoms in total. The Labute approximate surface area is 171 Å². The third-order valence-corrected chi connectivity index (χ3v) is 6.26. The molecule has 0 radical (unpaired) electrons. The fourth-order valence-corrected chi connectivity index (χ4v) is 4.17. The first-order valence-corrected chi connectivity index (χ1v) is 10.7. The number of methoxy groups -OCH3 is 2. The van der Waals surface area contributed by atoms with Gasteiger partial charge in [-0.15, -0.1) is 0 Å². The van der Waals surface area contributed by atoms with E-state index in [9.17, 15) is 13.2 Å². The van der Waals surface area contributed by atoms with Crippen molar-refractivity contribution in [3.63, 3.8) is 0 Å². The highest BCUT2D eigenvalue weighted by Crippen LogP contribution is 2.28. The predicted octanol–water partition coefficient (Wildman–Crippen LogP) is 1.33. The third-order valence-electron chi connectivity index (χ3n) is 4.84. The number of amides is 1. The summed E-state index contributed by atoms with van der Waals surface area (Å²) in [6.45, 7) is 2.06. The maximum Gasteiger partial charge on any atom is 0.241 e. The lowest BCUT2D eigenvalue weighted by Crippen LogP contribution is -2.51. The summed E-state index contributed by atoms with van der Waals surface area (Å²) in [7, 11) is -0.621. The summed E-state index contributed by atoms with van der Waals surface area (Å²) in [4.78, 5) is 16.4. The second-order valence-corrected chi connectivity index (χ2v) is 8.31. The number of piperazine rings is 1. The molecule has 1 heterocycles. The van der Waals surface area contributed by atoms with E-state index in [0.29, 0.717) is 31.9 Å². The lowest BCUT2D eigenvalue weighted by molar-refractivity contribution is -0.130. The number of sulfonamides is 1. The van der Waals surface area contributed by atoms with Gasteiger partial charge in [-0.3, -0.25) is 4.79 Å². The average Bonchev–Trinajstić information content (AvgIpc) is 2.77. The molecule has 3 rings (SSSR count). The Morgan fingerprint density at radius 1 is 0.966 bits per heavy atom. The summed E-state index contributed by atoms with van der Waals surface area (Å²) in [5.41, 5.74) is 0.988. The average molecular weight is 420 g/mol. The molecular weight excluding hydrogens is 394 g/mol. The molecule has 9 heteroatoms. The zero-order chi connectivity index (χ0) is 20.9. The fourth-order valence-electron chi connectivity index (χ4n) is 3.19. The molecule has 0 aromatic heterocycles. The summed E-state index contributed by atoms with van der Waals surface area (Å²) in [5.74, 6) is 1.11. The number of hydrogen-bond donors (Lipinski definition) is 1. The highest BCUT2D eigenvalue weighted by molar-refractivity contribution is 7.89. The van der Waals surface area contributed by atoms with Gasteiger partial charge < -0.3 is 19.3 Å². The molecule has 0 aliphatic carbocycles. The monoisotopic (exact) mass is 419 g/mol.